The van der Waals surface area contributed by atoms with Crippen LogP contribution in [0.4, 0.5) is 0 Å². The molecule has 5 nitrogen and oxygen atoms in total. The summed E-state index contributed by atoms with van der Waals surface area (Å²) < 4.78 is 20.5. The zero-order valence-electron chi connectivity index (χ0n) is 18.6. The molecule has 182 valence electrons. The predicted molar refractivity (Wildman–Crippen MR) is 136 cm³/mol. The quantitative estimate of drug-likeness (QED) is 0.256. The van der Waals surface area contributed by atoms with E-state index in [0.717, 1.165) is 30.4 Å². The first-order chi connectivity index (χ1) is 16.4. The van der Waals surface area contributed by atoms with Crippen molar-refractivity contribution < 1.29 is 14.2 Å². The van der Waals surface area contributed by atoms with Crippen molar-refractivity contribution in [1.82, 2.24) is 9.55 Å². The number of ether oxygens (including phenoxy) is 3. The molecule has 5 atom stereocenters. The van der Waals surface area contributed by atoms with Crippen LogP contribution < -0.4 is 0 Å². The van der Waals surface area contributed by atoms with E-state index in [1.54, 1.807) is 24.7 Å². The smallest absolute Gasteiger partial charge is 0.158 e. The minimum Gasteiger partial charge on any atom is -0.367 e. The first-order valence-electron chi connectivity index (χ1n) is 11.1. The molecular weight excluding hydrogens is 518 g/mol. The lowest BCUT2D eigenvalue weighted by Crippen LogP contribution is -2.34. The van der Waals surface area contributed by atoms with Crippen LogP contribution in [0.15, 0.2) is 61.2 Å². The van der Waals surface area contributed by atoms with Gasteiger partial charge >= 0.3 is 0 Å². The molecular formula is C25H26Cl4N2O3. The maximum absolute atomic E-state index is 6.77. The Hall–Kier alpha value is -1.31. The Balaban J connectivity index is 1.39. The van der Waals surface area contributed by atoms with E-state index >= 15 is 0 Å². The number of halogens is 4. The monoisotopic (exact) mass is 542 g/mol. The zero-order valence-corrected chi connectivity index (χ0v) is 21.6. The van der Waals surface area contributed by atoms with E-state index in [2.05, 4.69) is 4.98 Å². The summed E-state index contributed by atoms with van der Waals surface area (Å²) in [4.78, 5) is 4.10. The Bertz CT molecular complexity index is 1050. The molecule has 1 fully saturated rings. The Kier molecular flexibility index (Phi) is 9.16. The van der Waals surface area contributed by atoms with Gasteiger partial charge in [0.25, 0.3) is 0 Å². The van der Waals surface area contributed by atoms with Crippen molar-refractivity contribution in [3.05, 3.63) is 87.4 Å². The van der Waals surface area contributed by atoms with Crippen LogP contribution in [0.1, 0.15) is 55.0 Å². The fraction of sp³-hybridized carbons (Fsp3) is 0.400. The first kappa shape index (κ1) is 25.8. The van der Waals surface area contributed by atoms with Gasteiger partial charge in [-0.2, -0.15) is 0 Å². The molecule has 0 amide bonds. The maximum Gasteiger partial charge on any atom is 0.158 e. The highest BCUT2D eigenvalue weighted by molar-refractivity contribution is 6.35. The molecule has 2 heterocycles. The second-order valence-electron chi connectivity index (χ2n) is 8.25. The normalized spacial score (nSPS) is 21.2. The first-order valence-corrected chi connectivity index (χ1v) is 12.7. The van der Waals surface area contributed by atoms with Crippen LogP contribution >= 0.6 is 46.4 Å². The van der Waals surface area contributed by atoms with Crippen LogP contribution in [-0.2, 0) is 14.2 Å². The van der Waals surface area contributed by atoms with Crippen LogP contribution in [0, 0.1) is 0 Å². The second-order valence-corrected chi connectivity index (χ2v) is 9.98. The molecule has 0 bridgehead atoms. The van der Waals surface area contributed by atoms with Crippen molar-refractivity contribution in [3.63, 3.8) is 0 Å². The molecule has 1 aliphatic rings. The van der Waals surface area contributed by atoms with Crippen molar-refractivity contribution in [2.24, 2.45) is 0 Å². The number of benzene rings is 2. The van der Waals surface area contributed by atoms with Crippen molar-refractivity contribution in [2.45, 2.75) is 56.3 Å². The third-order valence-electron chi connectivity index (χ3n) is 5.79. The average Bonchev–Trinajstić information content (AvgIpc) is 3.35. The number of hydrogen-bond acceptors (Lipinski definition) is 4. The van der Waals surface area contributed by atoms with E-state index in [1.807, 2.05) is 48.0 Å². The highest BCUT2D eigenvalue weighted by atomic mass is 35.5. The van der Waals surface area contributed by atoms with E-state index in [-0.39, 0.29) is 18.5 Å². The van der Waals surface area contributed by atoms with E-state index < -0.39 is 11.6 Å². The molecule has 5 unspecified atom stereocenters. The molecule has 9 heteroatoms. The summed E-state index contributed by atoms with van der Waals surface area (Å²) in [5, 5.41) is 1.83. The molecule has 0 aliphatic carbocycles. The number of imidazole rings is 1. The zero-order chi connectivity index (χ0) is 24.1. The second kappa shape index (κ2) is 12.1. The Labute approximate surface area is 219 Å². The predicted octanol–water partition coefficient (Wildman–Crippen LogP) is 8.01. The third kappa shape index (κ3) is 6.67. The summed E-state index contributed by atoms with van der Waals surface area (Å²) in [6, 6.07) is 12.9. The van der Waals surface area contributed by atoms with E-state index in [4.69, 9.17) is 60.6 Å². The van der Waals surface area contributed by atoms with Crippen molar-refractivity contribution >= 4 is 46.4 Å². The largest absolute Gasteiger partial charge is 0.367 e. The van der Waals surface area contributed by atoms with Crippen molar-refractivity contribution in [2.75, 3.05) is 6.61 Å². The summed E-state index contributed by atoms with van der Waals surface area (Å²) >= 11 is 25.2. The number of hydrogen-bond donors (Lipinski definition) is 0. The van der Waals surface area contributed by atoms with Gasteiger partial charge < -0.3 is 18.8 Å². The summed E-state index contributed by atoms with van der Waals surface area (Å²) in [6.07, 6.45) is 6.72. The number of rotatable bonds is 9. The fourth-order valence-electron chi connectivity index (χ4n) is 3.99. The lowest BCUT2D eigenvalue weighted by molar-refractivity contribution is -0.225. The van der Waals surface area contributed by atoms with Crippen LogP contribution in [-0.4, -0.2) is 28.6 Å². The summed E-state index contributed by atoms with van der Waals surface area (Å²) in [7, 11) is 0. The molecule has 4 rings (SSSR count). The van der Waals surface area contributed by atoms with Gasteiger partial charge in [0.1, 0.15) is 11.6 Å². The van der Waals surface area contributed by atoms with E-state index in [9.17, 15) is 0 Å². The third-order valence-corrected chi connectivity index (χ3v) is 7.05. The number of aromatic nitrogens is 2. The summed E-state index contributed by atoms with van der Waals surface area (Å²) in [5.74, 6) is 0. The van der Waals surface area contributed by atoms with Gasteiger partial charge in [0.05, 0.1) is 25.1 Å². The molecule has 0 radical (unpaired) electrons. The van der Waals surface area contributed by atoms with Gasteiger partial charge in [-0.05, 0) is 61.6 Å². The average molecular weight is 544 g/mol. The van der Waals surface area contributed by atoms with Crippen molar-refractivity contribution in [1.29, 1.82) is 0 Å². The van der Waals surface area contributed by atoms with Gasteiger partial charge in [-0.15, -0.1) is 0 Å². The Morgan fingerprint density at radius 3 is 2.56 bits per heavy atom. The summed E-state index contributed by atoms with van der Waals surface area (Å²) in [5.41, 5.74) is 1.32. The van der Waals surface area contributed by atoms with Crippen molar-refractivity contribution in [3.8, 4) is 0 Å². The Morgan fingerprint density at radius 2 is 1.85 bits per heavy atom. The molecule has 34 heavy (non-hydrogen) atoms. The van der Waals surface area contributed by atoms with Crippen LogP contribution in [0.25, 0.3) is 0 Å². The van der Waals surface area contributed by atoms with Gasteiger partial charge in [0, 0.05) is 27.5 Å². The molecule has 2 aromatic carbocycles. The fourth-order valence-corrected chi connectivity index (χ4v) is 5.01. The minimum atomic E-state index is -0.480. The summed E-state index contributed by atoms with van der Waals surface area (Å²) in [6.45, 7) is 2.33. The highest BCUT2D eigenvalue weighted by Gasteiger charge is 2.29. The molecule has 1 aliphatic heterocycles. The molecule has 1 saturated heterocycles. The molecule has 3 aromatic rings. The minimum absolute atomic E-state index is 0.118. The SMILES string of the molecule is CC(OC1CCCC(COC(c2ccc(Cl)cc2)C(Cl)n2ccnc2)O1)c1ccc(Cl)cc1Cl. The van der Waals surface area contributed by atoms with Gasteiger partial charge in [-0.3, -0.25) is 0 Å². The molecule has 0 saturated carbocycles. The van der Waals surface area contributed by atoms with Crippen LogP contribution in [0.2, 0.25) is 15.1 Å². The standard InChI is InChI=1S/C25H26Cl4N2O3/c1-16(21-10-9-19(27)13-22(21)28)33-23-4-2-3-20(34-23)14-32-24(17-5-7-18(26)8-6-17)25(29)31-12-11-30-15-31/h5-13,15-16,20,23-25H,2-4,14H2,1H3. The van der Waals surface area contributed by atoms with Gasteiger partial charge in [-0.1, -0.05) is 64.6 Å². The van der Waals surface area contributed by atoms with Crippen LogP contribution in [0.5, 0.6) is 0 Å². The molecule has 0 spiro atoms. The molecule has 1 aromatic heterocycles. The topological polar surface area (TPSA) is 45.5 Å². The molecule has 0 N–H and O–H groups in total. The number of nitrogens with zero attached hydrogens (tertiary/aromatic N) is 2. The van der Waals surface area contributed by atoms with E-state index in [1.165, 1.54) is 0 Å². The number of alkyl halides is 1. The van der Waals surface area contributed by atoms with Crippen LogP contribution in [0.3, 0.4) is 0 Å². The maximum atomic E-state index is 6.77. The van der Waals surface area contributed by atoms with Gasteiger partial charge in [0.15, 0.2) is 6.29 Å². The van der Waals surface area contributed by atoms with Gasteiger partial charge in [-0.25, -0.2) is 4.98 Å². The van der Waals surface area contributed by atoms with E-state index in [0.29, 0.717) is 21.7 Å². The lowest BCUT2D eigenvalue weighted by Gasteiger charge is -2.33. The lowest BCUT2D eigenvalue weighted by atomic mass is 10.1. The van der Waals surface area contributed by atoms with Gasteiger partial charge in [0.2, 0.25) is 0 Å². The Morgan fingerprint density at radius 1 is 1.09 bits per heavy atom. The highest BCUT2D eigenvalue weighted by Crippen LogP contribution is 2.35.